The van der Waals surface area contributed by atoms with Crippen molar-refractivity contribution in [3.05, 3.63) is 30.7 Å². The first-order valence-corrected chi connectivity index (χ1v) is 4.28. The first kappa shape index (κ1) is 9.32. The maximum absolute atomic E-state index is 10.4. The maximum atomic E-state index is 10.4. The molecule has 76 valence electrons. The summed E-state index contributed by atoms with van der Waals surface area (Å²) in [5.74, 6) is -0.943. The van der Waals surface area contributed by atoms with E-state index in [0.29, 0.717) is 5.69 Å². The van der Waals surface area contributed by atoms with Crippen molar-refractivity contribution in [2.24, 2.45) is 0 Å². The fourth-order valence-corrected chi connectivity index (χ4v) is 1.17. The molecule has 2 aromatic rings. The lowest BCUT2D eigenvalue weighted by atomic mass is 10.2. The molecule has 0 aliphatic carbocycles. The number of carboxylic acids is 1. The van der Waals surface area contributed by atoms with E-state index in [2.05, 4.69) is 15.3 Å². The molecule has 6 heteroatoms. The minimum Gasteiger partial charge on any atom is -0.480 e. The van der Waals surface area contributed by atoms with Crippen LogP contribution >= 0.6 is 0 Å². The van der Waals surface area contributed by atoms with Crippen molar-refractivity contribution in [1.82, 2.24) is 20.0 Å². The van der Waals surface area contributed by atoms with Crippen molar-refractivity contribution in [2.75, 3.05) is 0 Å². The number of hydrogen-bond donors (Lipinski definition) is 1. The summed E-state index contributed by atoms with van der Waals surface area (Å²) in [6, 6.07) is 3.57. The Labute approximate surface area is 85.2 Å². The van der Waals surface area contributed by atoms with Gasteiger partial charge in [-0.1, -0.05) is 5.21 Å². The molecule has 0 aliphatic heterocycles. The Morgan fingerprint density at radius 2 is 2.13 bits per heavy atom. The Bertz CT molecular complexity index is 466. The number of nitrogens with zero attached hydrogens (tertiary/aromatic N) is 4. The highest BCUT2D eigenvalue weighted by Gasteiger charge is 2.05. The minimum atomic E-state index is -0.943. The van der Waals surface area contributed by atoms with E-state index in [0.717, 1.165) is 5.56 Å². The number of aliphatic carboxylic acids is 1. The predicted octanol–water partition coefficient (Wildman–Crippen LogP) is 0.425. The molecule has 0 saturated carbocycles. The Morgan fingerprint density at radius 1 is 1.40 bits per heavy atom. The Morgan fingerprint density at radius 3 is 2.80 bits per heavy atom. The lowest BCUT2D eigenvalue weighted by Crippen LogP contribution is -2.08. The quantitative estimate of drug-likeness (QED) is 0.783. The molecule has 0 amide bonds. The fraction of sp³-hybridized carbons (Fsp3) is 0.111. The predicted molar refractivity (Wildman–Crippen MR) is 50.9 cm³/mol. The van der Waals surface area contributed by atoms with Crippen LogP contribution in [0.25, 0.3) is 11.3 Å². The van der Waals surface area contributed by atoms with Crippen molar-refractivity contribution in [3.63, 3.8) is 0 Å². The molecule has 2 aromatic heterocycles. The number of hydrogen-bond acceptors (Lipinski definition) is 4. The van der Waals surface area contributed by atoms with Gasteiger partial charge in [0.2, 0.25) is 0 Å². The second-order valence-corrected chi connectivity index (χ2v) is 2.93. The number of carboxylic acid groups (broad SMARTS) is 1. The normalized spacial score (nSPS) is 10.1. The van der Waals surface area contributed by atoms with Gasteiger partial charge in [0.25, 0.3) is 0 Å². The van der Waals surface area contributed by atoms with Crippen LogP contribution in [0.5, 0.6) is 0 Å². The molecule has 0 fully saturated rings. The largest absolute Gasteiger partial charge is 0.480 e. The summed E-state index contributed by atoms with van der Waals surface area (Å²) < 4.78 is 1.28. The van der Waals surface area contributed by atoms with Crippen LogP contribution in [0.2, 0.25) is 0 Å². The molecule has 2 rings (SSSR count). The molecule has 0 unspecified atom stereocenters. The average molecular weight is 204 g/mol. The summed E-state index contributed by atoms with van der Waals surface area (Å²) in [5.41, 5.74) is 1.50. The molecule has 0 spiro atoms. The monoisotopic (exact) mass is 204 g/mol. The van der Waals surface area contributed by atoms with Crippen molar-refractivity contribution in [1.29, 1.82) is 0 Å². The number of rotatable bonds is 3. The van der Waals surface area contributed by atoms with E-state index in [1.165, 1.54) is 4.68 Å². The van der Waals surface area contributed by atoms with Gasteiger partial charge in [-0.25, -0.2) is 4.68 Å². The Balaban J connectivity index is 2.24. The first-order chi connectivity index (χ1) is 7.25. The van der Waals surface area contributed by atoms with Crippen LogP contribution in [0.1, 0.15) is 0 Å². The zero-order valence-corrected chi connectivity index (χ0v) is 7.74. The summed E-state index contributed by atoms with van der Waals surface area (Å²) >= 11 is 0. The van der Waals surface area contributed by atoms with Crippen molar-refractivity contribution in [2.45, 2.75) is 6.54 Å². The van der Waals surface area contributed by atoms with Crippen LogP contribution in [-0.2, 0) is 11.3 Å². The second kappa shape index (κ2) is 3.87. The Hall–Kier alpha value is -2.24. The van der Waals surface area contributed by atoms with E-state index in [-0.39, 0.29) is 6.54 Å². The van der Waals surface area contributed by atoms with E-state index < -0.39 is 5.97 Å². The number of aromatic nitrogens is 4. The highest BCUT2D eigenvalue weighted by Crippen LogP contribution is 2.13. The molecular weight excluding hydrogens is 196 g/mol. The zero-order valence-electron chi connectivity index (χ0n) is 7.74. The molecule has 15 heavy (non-hydrogen) atoms. The lowest BCUT2D eigenvalue weighted by Gasteiger charge is -1.93. The van der Waals surface area contributed by atoms with Crippen LogP contribution in [0.3, 0.4) is 0 Å². The van der Waals surface area contributed by atoms with Gasteiger partial charge in [-0.2, -0.15) is 0 Å². The van der Waals surface area contributed by atoms with E-state index in [1.807, 2.05) is 0 Å². The van der Waals surface area contributed by atoms with Crippen LogP contribution in [-0.4, -0.2) is 31.1 Å². The van der Waals surface area contributed by atoms with Gasteiger partial charge in [0, 0.05) is 18.0 Å². The Kier molecular flexibility index (Phi) is 2.40. The summed E-state index contributed by atoms with van der Waals surface area (Å²) in [5, 5.41) is 16.1. The van der Waals surface area contributed by atoms with Crippen molar-refractivity contribution < 1.29 is 9.90 Å². The highest BCUT2D eigenvalue weighted by atomic mass is 16.4. The fourth-order valence-electron chi connectivity index (χ4n) is 1.17. The van der Waals surface area contributed by atoms with E-state index in [9.17, 15) is 4.79 Å². The summed E-state index contributed by atoms with van der Waals surface area (Å²) in [6.45, 7) is -0.182. The third-order valence-corrected chi connectivity index (χ3v) is 1.81. The number of pyridine rings is 1. The average Bonchev–Trinajstić information content (AvgIpc) is 2.67. The summed E-state index contributed by atoms with van der Waals surface area (Å²) in [7, 11) is 0. The van der Waals surface area contributed by atoms with Gasteiger partial charge in [0.1, 0.15) is 12.2 Å². The first-order valence-electron chi connectivity index (χ1n) is 4.28. The van der Waals surface area contributed by atoms with Crippen molar-refractivity contribution >= 4 is 5.97 Å². The van der Waals surface area contributed by atoms with E-state index >= 15 is 0 Å². The summed E-state index contributed by atoms with van der Waals surface area (Å²) in [6.07, 6.45) is 4.88. The van der Waals surface area contributed by atoms with Gasteiger partial charge in [-0.15, -0.1) is 5.10 Å². The van der Waals surface area contributed by atoms with Gasteiger partial charge in [0.05, 0.1) is 6.20 Å². The SMILES string of the molecule is O=C(O)Cn1cc(-c2ccncc2)nn1. The molecule has 0 bridgehead atoms. The molecule has 2 heterocycles. The lowest BCUT2D eigenvalue weighted by molar-refractivity contribution is -0.137. The zero-order chi connectivity index (χ0) is 10.7. The molecule has 0 saturated heterocycles. The molecular formula is C9H8N4O2. The van der Waals surface area contributed by atoms with Crippen LogP contribution < -0.4 is 0 Å². The third kappa shape index (κ3) is 2.16. The topological polar surface area (TPSA) is 80.9 Å². The molecule has 1 N–H and O–H groups in total. The van der Waals surface area contributed by atoms with Gasteiger partial charge in [-0.05, 0) is 12.1 Å². The van der Waals surface area contributed by atoms with Gasteiger partial charge >= 0.3 is 5.97 Å². The highest BCUT2D eigenvalue weighted by molar-refractivity contribution is 5.66. The molecule has 6 nitrogen and oxygen atoms in total. The van der Waals surface area contributed by atoms with Crippen LogP contribution in [0.4, 0.5) is 0 Å². The maximum Gasteiger partial charge on any atom is 0.325 e. The van der Waals surface area contributed by atoms with Gasteiger partial charge < -0.3 is 5.11 Å². The number of carbonyl (C=O) groups is 1. The van der Waals surface area contributed by atoms with E-state index in [1.54, 1.807) is 30.7 Å². The standard InChI is InChI=1S/C9H8N4O2/c14-9(15)6-13-5-8(11-12-13)7-1-3-10-4-2-7/h1-5H,6H2,(H,14,15). The van der Waals surface area contributed by atoms with Crippen LogP contribution in [0, 0.1) is 0 Å². The van der Waals surface area contributed by atoms with Crippen LogP contribution in [0.15, 0.2) is 30.7 Å². The van der Waals surface area contributed by atoms with Gasteiger partial charge in [0.15, 0.2) is 0 Å². The molecule has 0 radical (unpaired) electrons. The minimum absolute atomic E-state index is 0.182. The van der Waals surface area contributed by atoms with Gasteiger partial charge in [-0.3, -0.25) is 9.78 Å². The summed E-state index contributed by atoms with van der Waals surface area (Å²) in [4.78, 5) is 14.3. The molecule has 0 aromatic carbocycles. The van der Waals surface area contributed by atoms with E-state index in [4.69, 9.17) is 5.11 Å². The molecule has 0 aliphatic rings. The molecule has 0 atom stereocenters. The second-order valence-electron chi connectivity index (χ2n) is 2.93. The third-order valence-electron chi connectivity index (χ3n) is 1.81. The van der Waals surface area contributed by atoms with Crippen molar-refractivity contribution in [3.8, 4) is 11.3 Å². The smallest absolute Gasteiger partial charge is 0.325 e.